The second-order valence-corrected chi connectivity index (χ2v) is 6.85. The first-order valence-electron chi connectivity index (χ1n) is 8.78. The average Bonchev–Trinajstić information content (AvgIpc) is 3.13. The molecule has 4 aromatic rings. The maximum absolute atomic E-state index is 12.9. The number of anilines is 2. The number of nitrogens with one attached hydrogen (secondary N) is 2. The first-order valence-corrected chi connectivity index (χ1v) is 9.16. The van der Waals surface area contributed by atoms with Crippen molar-refractivity contribution >= 4 is 34.7 Å². The summed E-state index contributed by atoms with van der Waals surface area (Å²) in [4.78, 5) is 16.7. The Labute approximate surface area is 174 Å². The Kier molecular flexibility index (Phi) is 5.09. The van der Waals surface area contributed by atoms with Gasteiger partial charge in [-0.2, -0.15) is 13.2 Å². The van der Waals surface area contributed by atoms with E-state index in [9.17, 15) is 18.0 Å². The number of halogens is 4. The number of fused-ring (bicyclic) bond motifs is 1. The van der Waals surface area contributed by atoms with Crippen molar-refractivity contribution in [3.8, 4) is 11.3 Å². The molecule has 2 amide bonds. The number of urea groups is 1. The number of aromatic nitrogens is 2. The Balaban J connectivity index is 1.45. The van der Waals surface area contributed by atoms with Crippen LogP contribution in [0.2, 0.25) is 5.02 Å². The molecule has 0 aliphatic heterocycles. The summed E-state index contributed by atoms with van der Waals surface area (Å²) in [6.07, 6.45) is -0.824. The van der Waals surface area contributed by atoms with Gasteiger partial charge >= 0.3 is 12.2 Å². The van der Waals surface area contributed by atoms with Gasteiger partial charge in [0, 0.05) is 29.3 Å². The van der Waals surface area contributed by atoms with Gasteiger partial charge < -0.3 is 15.0 Å². The summed E-state index contributed by atoms with van der Waals surface area (Å²) in [7, 11) is 0. The third-order valence-corrected chi connectivity index (χ3v) is 4.66. The van der Waals surface area contributed by atoms with E-state index in [0.29, 0.717) is 5.69 Å². The van der Waals surface area contributed by atoms with Crippen LogP contribution in [0, 0.1) is 0 Å². The van der Waals surface area contributed by atoms with Gasteiger partial charge in [-0.05, 0) is 42.5 Å². The summed E-state index contributed by atoms with van der Waals surface area (Å²) in [6.45, 7) is 0. The van der Waals surface area contributed by atoms with Crippen LogP contribution in [0.15, 0.2) is 73.1 Å². The highest BCUT2D eigenvalue weighted by Crippen LogP contribution is 2.36. The predicted molar refractivity (Wildman–Crippen MR) is 110 cm³/mol. The van der Waals surface area contributed by atoms with Gasteiger partial charge in [0.25, 0.3) is 0 Å². The minimum Gasteiger partial charge on any atom is -0.308 e. The smallest absolute Gasteiger partial charge is 0.308 e. The molecule has 0 aliphatic carbocycles. The lowest BCUT2D eigenvalue weighted by Gasteiger charge is -2.12. The highest BCUT2D eigenvalue weighted by molar-refractivity contribution is 6.31. The fourth-order valence-electron chi connectivity index (χ4n) is 2.91. The molecule has 152 valence electrons. The molecule has 2 N–H and O–H groups in total. The summed E-state index contributed by atoms with van der Waals surface area (Å²) < 4.78 is 40.7. The van der Waals surface area contributed by atoms with Crippen LogP contribution in [-0.4, -0.2) is 15.4 Å². The number of alkyl halides is 3. The molecule has 5 nitrogen and oxygen atoms in total. The molecule has 0 radical (unpaired) electrons. The minimum absolute atomic E-state index is 0.0226. The lowest BCUT2D eigenvalue weighted by molar-refractivity contribution is -0.137. The summed E-state index contributed by atoms with van der Waals surface area (Å²) in [5.41, 5.74) is 1.89. The van der Waals surface area contributed by atoms with Crippen molar-refractivity contribution in [1.82, 2.24) is 9.38 Å². The highest BCUT2D eigenvalue weighted by Gasteiger charge is 2.33. The molecule has 0 fully saturated rings. The first kappa shape index (κ1) is 19.8. The van der Waals surface area contributed by atoms with Crippen molar-refractivity contribution in [2.75, 3.05) is 10.6 Å². The van der Waals surface area contributed by atoms with E-state index in [1.165, 1.54) is 6.07 Å². The number of hydrogen-bond donors (Lipinski definition) is 2. The van der Waals surface area contributed by atoms with Gasteiger partial charge in [-0.3, -0.25) is 0 Å². The maximum Gasteiger partial charge on any atom is 0.417 e. The van der Waals surface area contributed by atoms with Gasteiger partial charge in [-0.1, -0.05) is 29.8 Å². The summed E-state index contributed by atoms with van der Waals surface area (Å²) in [5.74, 6) is 0. The number of amides is 2. The molecule has 30 heavy (non-hydrogen) atoms. The molecular formula is C21H14ClF3N4O. The number of carbonyl (C=O) groups is 1. The number of imidazole rings is 1. The van der Waals surface area contributed by atoms with E-state index >= 15 is 0 Å². The van der Waals surface area contributed by atoms with Crippen LogP contribution >= 0.6 is 11.6 Å². The van der Waals surface area contributed by atoms with Gasteiger partial charge in [0.15, 0.2) is 0 Å². The third kappa shape index (κ3) is 4.23. The number of benzene rings is 2. The zero-order valence-corrected chi connectivity index (χ0v) is 16.0. The Morgan fingerprint density at radius 3 is 2.37 bits per heavy atom. The molecule has 2 aromatic heterocycles. The van der Waals surface area contributed by atoms with Crippen LogP contribution in [0.25, 0.3) is 16.9 Å². The van der Waals surface area contributed by atoms with Crippen molar-refractivity contribution in [3.63, 3.8) is 0 Å². The van der Waals surface area contributed by atoms with Crippen LogP contribution in [0.5, 0.6) is 0 Å². The summed E-state index contributed by atoms with van der Waals surface area (Å²) >= 11 is 5.58. The van der Waals surface area contributed by atoms with E-state index in [-0.39, 0.29) is 5.69 Å². The lowest BCUT2D eigenvalue weighted by atomic mass is 10.1. The molecule has 2 aromatic carbocycles. The molecule has 4 rings (SSSR count). The highest BCUT2D eigenvalue weighted by atomic mass is 35.5. The van der Waals surface area contributed by atoms with Crippen molar-refractivity contribution in [3.05, 3.63) is 83.6 Å². The van der Waals surface area contributed by atoms with Gasteiger partial charge in [0.05, 0.1) is 16.3 Å². The second kappa shape index (κ2) is 7.72. The molecule has 0 aliphatic rings. The SMILES string of the molecule is O=C(Nc1ccc(-c2cn3ccccc3n2)cc1)Nc1ccc(Cl)c(C(F)(F)F)c1. The van der Waals surface area contributed by atoms with Gasteiger partial charge in [0.1, 0.15) is 5.65 Å². The quantitative estimate of drug-likeness (QED) is 0.399. The predicted octanol–water partition coefficient (Wildman–Crippen LogP) is 6.32. The number of nitrogens with zero attached hydrogens (tertiary/aromatic N) is 2. The molecule has 0 spiro atoms. The molecule has 0 bridgehead atoms. The van der Waals surface area contributed by atoms with Crippen LogP contribution in [0.3, 0.4) is 0 Å². The summed E-state index contributed by atoms with van der Waals surface area (Å²) in [5, 5.41) is 4.51. The van der Waals surface area contributed by atoms with E-state index in [1.807, 2.05) is 35.0 Å². The number of pyridine rings is 1. The first-order chi connectivity index (χ1) is 14.3. The van der Waals surface area contributed by atoms with E-state index in [4.69, 9.17) is 11.6 Å². The van der Waals surface area contributed by atoms with Gasteiger partial charge in [0.2, 0.25) is 0 Å². The molecule has 2 heterocycles. The number of rotatable bonds is 3. The molecule has 0 saturated carbocycles. The van der Waals surface area contributed by atoms with Gasteiger partial charge in [-0.15, -0.1) is 0 Å². The topological polar surface area (TPSA) is 58.4 Å². The monoisotopic (exact) mass is 430 g/mol. The molecule has 0 unspecified atom stereocenters. The van der Waals surface area contributed by atoms with E-state index in [0.717, 1.165) is 29.0 Å². The Hall–Kier alpha value is -3.52. The van der Waals surface area contributed by atoms with Gasteiger partial charge in [-0.25, -0.2) is 9.78 Å². The fourth-order valence-corrected chi connectivity index (χ4v) is 3.14. The van der Waals surface area contributed by atoms with E-state index < -0.39 is 22.8 Å². The molecular weight excluding hydrogens is 417 g/mol. The van der Waals surface area contributed by atoms with Crippen LogP contribution in [-0.2, 0) is 6.18 Å². The summed E-state index contributed by atoms with van der Waals surface area (Å²) in [6, 6.07) is 15.1. The Morgan fingerprint density at radius 1 is 0.967 bits per heavy atom. The minimum atomic E-state index is -4.61. The third-order valence-electron chi connectivity index (χ3n) is 4.33. The normalized spacial score (nSPS) is 11.5. The maximum atomic E-state index is 12.9. The zero-order valence-electron chi connectivity index (χ0n) is 15.2. The van der Waals surface area contributed by atoms with Crippen LogP contribution in [0.4, 0.5) is 29.3 Å². The van der Waals surface area contributed by atoms with Crippen molar-refractivity contribution in [2.45, 2.75) is 6.18 Å². The Morgan fingerprint density at radius 2 is 1.67 bits per heavy atom. The number of hydrogen-bond acceptors (Lipinski definition) is 2. The van der Waals surface area contributed by atoms with Crippen molar-refractivity contribution < 1.29 is 18.0 Å². The Bertz CT molecular complexity index is 1190. The second-order valence-electron chi connectivity index (χ2n) is 6.44. The largest absolute Gasteiger partial charge is 0.417 e. The van der Waals surface area contributed by atoms with E-state index in [1.54, 1.807) is 24.3 Å². The van der Waals surface area contributed by atoms with Crippen LogP contribution < -0.4 is 10.6 Å². The van der Waals surface area contributed by atoms with E-state index in [2.05, 4.69) is 15.6 Å². The lowest BCUT2D eigenvalue weighted by Crippen LogP contribution is -2.19. The van der Waals surface area contributed by atoms with Crippen molar-refractivity contribution in [1.29, 1.82) is 0 Å². The standard InChI is InChI=1S/C21H14ClF3N4O/c22-17-9-8-15(11-16(17)21(23,24)25)27-20(30)26-14-6-4-13(5-7-14)18-12-29-10-2-1-3-19(29)28-18/h1-12H,(H2,26,27,30). The average molecular weight is 431 g/mol. The molecule has 0 saturated heterocycles. The molecule has 9 heteroatoms. The van der Waals surface area contributed by atoms with Crippen LogP contribution in [0.1, 0.15) is 5.56 Å². The molecule has 0 atom stereocenters. The fraction of sp³-hybridized carbons (Fsp3) is 0.0476. The zero-order chi connectivity index (χ0) is 21.3. The number of carbonyl (C=O) groups excluding carboxylic acids is 1. The van der Waals surface area contributed by atoms with Crippen molar-refractivity contribution in [2.24, 2.45) is 0 Å².